The third-order valence-corrected chi connectivity index (χ3v) is 4.28. The molecule has 1 aromatic heterocycles. The van der Waals surface area contributed by atoms with Crippen molar-refractivity contribution >= 4 is 17.4 Å². The zero-order valence-corrected chi connectivity index (χ0v) is 14.1. The van der Waals surface area contributed by atoms with Crippen LogP contribution in [0.15, 0.2) is 47.0 Å². The second-order valence-corrected chi connectivity index (χ2v) is 5.73. The standard InChI is InChI=1S/C19H19N3O3/c1-23-16-7-6-12(10-17(16)24-2)18-11-21-19(25-18)22-15-5-3-4-14-13(15)8-9-20-14/h3-7,10-11,20H,8-9H2,1-2H3,(H,21,22). The van der Waals surface area contributed by atoms with Crippen LogP contribution >= 0.6 is 0 Å². The molecule has 0 amide bonds. The number of anilines is 3. The molecule has 2 heterocycles. The molecule has 6 nitrogen and oxygen atoms in total. The molecule has 0 fully saturated rings. The number of hydrogen-bond donors (Lipinski definition) is 2. The molecule has 1 aliphatic rings. The maximum absolute atomic E-state index is 5.87. The van der Waals surface area contributed by atoms with Gasteiger partial charge in [-0.25, -0.2) is 4.98 Å². The molecule has 0 radical (unpaired) electrons. The first-order valence-electron chi connectivity index (χ1n) is 8.09. The molecule has 128 valence electrons. The number of nitrogens with zero attached hydrogens (tertiary/aromatic N) is 1. The number of hydrogen-bond acceptors (Lipinski definition) is 6. The number of rotatable bonds is 5. The molecule has 0 unspecified atom stereocenters. The third-order valence-electron chi connectivity index (χ3n) is 4.28. The van der Waals surface area contributed by atoms with Crippen LogP contribution in [0.4, 0.5) is 17.4 Å². The van der Waals surface area contributed by atoms with E-state index in [1.54, 1.807) is 20.4 Å². The van der Waals surface area contributed by atoms with Crippen LogP contribution in [-0.4, -0.2) is 25.7 Å². The minimum Gasteiger partial charge on any atom is -0.493 e. The van der Waals surface area contributed by atoms with Gasteiger partial charge in [0, 0.05) is 29.0 Å². The minimum atomic E-state index is 0.463. The Hall–Kier alpha value is -3.15. The Labute approximate surface area is 145 Å². The van der Waals surface area contributed by atoms with E-state index in [4.69, 9.17) is 13.9 Å². The monoisotopic (exact) mass is 337 g/mol. The number of methoxy groups -OCH3 is 2. The third kappa shape index (κ3) is 2.87. The smallest absolute Gasteiger partial charge is 0.299 e. The first-order valence-corrected chi connectivity index (χ1v) is 8.09. The number of benzene rings is 2. The van der Waals surface area contributed by atoms with E-state index < -0.39 is 0 Å². The molecule has 2 N–H and O–H groups in total. The first-order chi connectivity index (χ1) is 12.3. The van der Waals surface area contributed by atoms with Crippen LogP contribution in [0.5, 0.6) is 11.5 Å². The maximum Gasteiger partial charge on any atom is 0.299 e. The van der Waals surface area contributed by atoms with E-state index in [2.05, 4.69) is 21.7 Å². The zero-order valence-electron chi connectivity index (χ0n) is 14.1. The molecule has 1 aliphatic heterocycles. The lowest BCUT2D eigenvalue weighted by atomic mass is 10.1. The second-order valence-electron chi connectivity index (χ2n) is 5.73. The highest BCUT2D eigenvalue weighted by Crippen LogP contribution is 2.35. The van der Waals surface area contributed by atoms with Crippen molar-refractivity contribution in [3.05, 3.63) is 48.2 Å². The van der Waals surface area contributed by atoms with Crippen molar-refractivity contribution < 1.29 is 13.9 Å². The molecule has 0 bridgehead atoms. The highest BCUT2D eigenvalue weighted by molar-refractivity contribution is 5.71. The van der Waals surface area contributed by atoms with Gasteiger partial charge in [0.1, 0.15) is 0 Å². The predicted octanol–water partition coefficient (Wildman–Crippen LogP) is 4.07. The summed E-state index contributed by atoms with van der Waals surface area (Å²) in [5.74, 6) is 1.99. The Balaban J connectivity index is 1.60. The summed E-state index contributed by atoms with van der Waals surface area (Å²) in [5.41, 5.74) is 4.31. The van der Waals surface area contributed by atoms with Gasteiger partial charge in [0.05, 0.1) is 20.4 Å². The van der Waals surface area contributed by atoms with Gasteiger partial charge in [0.15, 0.2) is 17.3 Å². The van der Waals surface area contributed by atoms with Gasteiger partial charge in [-0.1, -0.05) is 6.07 Å². The van der Waals surface area contributed by atoms with Crippen molar-refractivity contribution in [1.29, 1.82) is 0 Å². The van der Waals surface area contributed by atoms with Crippen molar-refractivity contribution in [1.82, 2.24) is 4.98 Å². The molecule has 0 saturated heterocycles. The van der Waals surface area contributed by atoms with Crippen molar-refractivity contribution in [2.45, 2.75) is 6.42 Å². The fraction of sp³-hybridized carbons (Fsp3) is 0.211. The fourth-order valence-corrected chi connectivity index (χ4v) is 3.03. The van der Waals surface area contributed by atoms with Crippen molar-refractivity contribution in [2.24, 2.45) is 0 Å². The summed E-state index contributed by atoms with van der Waals surface area (Å²) in [6, 6.07) is 12.2. The SMILES string of the molecule is COc1ccc(-c2cnc(Nc3cccc4c3CCN4)o2)cc1OC. The maximum atomic E-state index is 5.87. The van der Waals surface area contributed by atoms with Gasteiger partial charge in [0.2, 0.25) is 0 Å². The summed E-state index contributed by atoms with van der Waals surface area (Å²) in [6.07, 6.45) is 2.69. The lowest BCUT2D eigenvalue weighted by Crippen LogP contribution is -1.94. The molecular formula is C19H19N3O3. The molecular weight excluding hydrogens is 318 g/mol. The molecule has 0 atom stereocenters. The molecule has 3 aromatic rings. The minimum absolute atomic E-state index is 0.463. The number of oxazole rings is 1. The Morgan fingerprint density at radius 1 is 1.12 bits per heavy atom. The number of ether oxygens (including phenoxy) is 2. The summed E-state index contributed by atoms with van der Waals surface area (Å²) in [6.45, 7) is 0.955. The molecule has 4 rings (SSSR count). The molecule has 0 saturated carbocycles. The highest BCUT2D eigenvalue weighted by atomic mass is 16.5. The van der Waals surface area contributed by atoms with E-state index in [0.717, 1.165) is 29.9 Å². The van der Waals surface area contributed by atoms with E-state index >= 15 is 0 Å². The van der Waals surface area contributed by atoms with E-state index in [1.807, 2.05) is 30.3 Å². The van der Waals surface area contributed by atoms with E-state index in [9.17, 15) is 0 Å². The Morgan fingerprint density at radius 2 is 2.00 bits per heavy atom. The Kier molecular flexibility index (Phi) is 3.93. The molecule has 6 heteroatoms. The van der Waals surface area contributed by atoms with Crippen LogP contribution in [0.3, 0.4) is 0 Å². The summed E-state index contributed by atoms with van der Waals surface area (Å²) in [4.78, 5) is 4.34. The largest absolute Gasteiger partial charge is 0.493 e. The number of nitrogens with one attached hydrogen (secondary N) is 2. The van der Waals surface area contributed by atoms with Gasteiger partial charge in [-0.15, -0.1) is 0 Å². The van der Waals surface area contributed by atoms with Crippen molar-refractivity contribution in [3.8, 4) is 22.8 Å². The van der Waals surface area contributed by atoms with Crippen LogP contribution in [0.25, 0.3) is 11.3 Å². The summed E-state index contributed by atoms with van der Waals surface area (Å²) in [5, 5.41) is 6.64. The summed E-state index contributed by atoms with van der Waals surface area (Å²) in [7, 11) is 3.22. The lowest BCUT2D eigenvalue weighted by molar-refractivity contribution is 0.355. The lowest BCUT2D eigenvalue weighted by Gasteiger charge is -2.08. The number of fused-ring (bicyclic) bond motifs is 1. The molecule has 25 heavy (non-hydrogen) atoms. The topological polar surface area (TPSA) is 68.5 Å². The van der Waals surface area contributed by atoms with Crippen LogP contribution in [0.1, 0.15) is 5.56 Å². The van der Waals surface area contributed by atoms with Crippen LogP contribution in [-0.2, 0) is 6.42 Å². The van der Waals surface area contributed by atoms with Gasteiger partial charge in [0.25, 0.3) is 6.01 Å². The van der Waals surface area contributed by atoms with Crippen LogP contribution in [0.2, 0.25) is 0 Å². The van der Waals surface area contributed by atoms with Gasteiger partial charge in [-0.3, -0.25) is 0 Å². The van der Waals surface area contributed by atoms with Crippen molar-refractivity contribution in [3.63, 3.8) is 0 Å². The summed E-state index contributed by atoms with van der Waals surface area (Å²) < 4.78 is 16.5. The highest BCUT2D eigenvalue weighted by Gasteiger charge is 2.16. The number of aromatic nitrogens is 1. The second kappa shape index (κ2) is 6.39. The van der Waals surface area contributed by atoms with E-state index in [0.29, 0.717) is 23.3 Å². The van der Waals surface area contributed by atoms with E-state index in [1.165, 1.54) is 5.56 Å². The van der Waals surface area contributed by atoms with Gasteiger partial charge in [-0.05, 0) is 36.8 Å². The van der Waals surface area contributed by atoms with Gasteiger partial charge >= 0.3 is 0 Å². The molecule has 0 aliphatic carbocycles. The van der Waals surface area contributed by atoms with Crippen molar-refractivity contribution in [2.75, 3.05) is 31.4 Å². The predicted molar refractivity (Wildman–Crippen MR) is 97.0 cm³/mol. The quantitative estimate of drug-likeness (QED) is 0.731. The first kappa shape index (κ1) is 15.4. The average molecular weight is 337 g/mol. The molecule has 2 aromatic carbocycles. The van der Waals surface area contributed by atoms with E-state index in [-0.39, 0.29) is 0 Å². The van der Waals surface area contributed by atoms with Crippen LogP contribution < -0.4 is 20.1 Å². The van der Waals surface area contributed by atoms with Gasteiger partial charge in [-0.2, -0.15) is 0 Å². The van der Waals surface area contributed by atoms with Gasteiger partial charge < -0.3 is 24.5 Å². The normalized spacial score (nSPS) is 12.4. The Bertz CT molecular complexity index is 905. The molecule has 0 spiro atoms. The fourth-order valence-electron chi connectivity index (χ4n) is 3.03. The average Bonchev–Trinajstić information content (AvgIpc) is 3.31. The zero-order chi connectivity index (χ0) is 17.2. The Morgan fingerprint density at radius 3 is 2.84 bits per heavy atom. The van der Waals surface area contributed by atoms with Crippen LogP contribution in [0, 0.1) is 0 Å². The summed E-state index contributed by atoms with van der Waals surface area (Å²) >= 11 is 0.